The number of hydrogen-bond acceptors (Lipinski definition) is 15. The number of esters is 4. The highest BCUT2D eigenvalue weighted by Crippen LogP contribution is 2.45. The minimum atomic E-state index is -4.96. The number of phosphoric acid groups is 2. The molecule has 0 aromatic rings. The number of hydrogen-bond donors (Lipinski definition) is 3. The molecule has 0 heterocycles. The molecule has 4 unspecified atom stereocenters. The summed E-state index contributed by atoms with van der Waals surface area (Å²) in [5.74, 6) is 0.899. The van der Waals surface area contributed by atoms with Crippen LogP contribution >= 0.6 is 15.6 Å². The van der Waals surface area contributed by atoms with Crippen LogP contribution in [-0.2, 0) is 65.4 Å². The topological polar surface area (TPSA) is 237 Å². The Bertz CT molecular complexity index is 1820. The van der Waals surface area contributed by atoms with E-state index in [0.29, 0.717) is 31.6 Å². The lowest BCUT2D eigenvalue weighted by Crippen LogP contribution is -2.30. The molecule has 17 nitrogen and oxygen atoms in total. The zero-order valence-electron chi connectivity index (χ0n) is 60.2. The lowest BCUT2D eigenvalue weighted by molar-refractivity contribution is -0.161. The predicted molar refractivity (Wildman–Crippen MR) is 372 cm³/mol. The lowest BCUT2D eigenvalue weighted by atomic mass is 9.99. The first kappa shape index (κ1) is 90.1. The summed E-state index contributed by atoms with van der Waals surface area (Å²) in [4.78, 5) is 72.6. The van der Waals surface area contributed by atoms with E-state index in [0.717, 1.165) is 108 Å². The van der Waals surface area contributed by atoms with Gasteiger partial charge in [0.25, 0.3) is 0 Å². The van der Waals surface area contributed by atoms with E-state index < -0.39 is 97.5 Å². The number of aliphatic hydroxyl groups is 1. The molecule has 19 heteroatoms. The van der Waals surface area contributed by atoms with E-state index in [4.69, 9.17) is 37.0 Å². The second-order valence-electron chi connectivity index (χ2n) is 28.0. The molecule has 0 bridgehead atoms. The lowest BCUT2D eigenvalue weighted by Gasteiger charge is -2.21. The minimum absolute atomic E-state index is 0.102. The van der Waals surface area contributed by atoms with Crippen molar-refractivity contribution in [1.29, 1.82) is 0 Å². The smallest absolute Gasteiger partial charge is 0.462 e. The molecule has 546 valence electrons. The van der Waals surface area contributed by atoms with Crippen LogP contribution in [0, 0.1) is 23.7 Å². The van der Waals surface area contributed by atoms with E-state index in [1.807, 2.05) is 0 Å². The van der Waals surface area contributed by atoms with E-state index >= 15 is 0 Å². The van der Waals surface area contributed by atoms with Gasteiger partial charge in [0.15, 0.2) is 12.2 Å². The summed E-state index contributed by atoms with van der Waals surface area (Å²) < 4.78 is 68.4. The van der Waals surface area contributed by atoms with Crippen LogP contribution < -0.4 is 0 Å². The Labute approximate surface area is 562 Å². The zero-order valence-corrected chi connectivity index (χ0v) is 62.0. The maximum atomic E-state index is 13.1. The van der Waals surface area contributed by atoms with Crippen molar-refractivity contribution in [2.45, 2.75) is 382 Å². The van der Waals surface area contributed by atoms with Gasteiger partial charge in [-0.05, 0) is 49.4 Å². The van der Waals surface area contributed by atoms with Gasteiger partial charge in [-0.25, -0.2) is 9.13 Å². The molecule has 0 aliphatic carbocycles. The van der Waals surface area contributed by atoms with Crippen molar-refractivity contribution in [1.82, 2.24) is 0 Å². The molecule has 0 radical (unpaired) electrons. The molecule has 0 aliphatic rings. The first-order valence-corrected chi connectivity index (χ1v) is 40.7. The van der Waals surface area contributed by atoms with Gasteiger partial charge in [-0.1, -0.05) is 312 Å². The maximum absolute atomic E-state index is 13.1. The van der Waals surface area contributed by atoms with Crippen molar-refractivity contribution in [2.24, 2.45) is 23.7 Å². The minimum Gasteiger partial charge on any atom is -0.462 e. The molecule has 0 aromatic carbocycles. The first-order valence-electron chi connectivity index (χ1n) is 37.7. The normalized spacial score (nSPS) is 14.5. The Morgan fingerprint density at radius 2 is 0.522 bits per heavy atom. The van der Waals surface area contributed by atoms with E-state index in [-0.39, 0.29) is 25.7 Å². The molecule has 0 spiro atoms. The number of aliphatic hydroxyl groups excluding tert-OH is 1. The SMILES string of the molecule is CCC(C)CCCCCCCCCCCCCCCCC(=O)O[C@H](COC(=O)CCCCCCCCCCCCC(C)C)COP(=O)(O)OCC(O)COP(=O)(O)OC[C@@H](COC(=O)CCCCCCCCCCC(C)C)OC(=O)CCCCCCCCCC(C)C. The van der Waals surface area contributed by atoms with Crippen LogP contribution in [0.15, 0.2) is 0 Å². The Hall–Kier alpha value is -1.94. The van der Waals surface area contributed by atoms with Crippen molar-refractivity contribution in [2.75, 3.05) is 39.6 Å². The van der Waals surface area contributed by atoms with Crippen LogP contribution in [-0.4, -0.2) is 96.7 Å². The van der Waals surface area contributed by atoms with Gasteiger partial charge in [-0.15, -0.1) is 0 Å². The molecule has 0 aliphatic heterocycles. The molecule has 0 saturated carbocycles. The number of phosphoric ester groups is 2. The standard InChI is InChI=1S/C73H142O17P2/c1-9-66(8)52-44-36-28-19-14-12-10-11-13-15-21-31-39-47-55-72(77)89-68(59-83-70(75)53-45-37-29-20-17-16-18-25-33-41-49-63(2)3)61-87-91(79,80)85-57-67(74)58-86-92(81,82)88-62-69(90-73(78)56-48-40-32-24-27-35-43-51-65(6)7)60-84-71(76)54-46-38-30-23-22-26-34-42-50-64(4)5/h63-69,74H,9-62H2,1-8H3,(H,79,80)(H,81,82)/t66?,67?,68-,69-/m1/s1. The van der Waals surface area contributed by atoms with Gasteiger partial charge in [0.2, 0.25) is 0 Å². The van der Waals surface area contributed by atoms with Crippen molar-refractivity contribution in [3.63, 3.8) is 0 Å². The summed E-state index contributed by atoms with van der Waals surface area (Å²) in [5, 5.41) is 10.6. The van der Waals surface area contributed by atoms with E-state index in [1.165, 1.54) is 167 Å². The quantitative estimate of drug-likeness (QED) is 0.0222. The highest BCUT2D eigenvalue weighted by atomic mass is 31.2. The average Bonchev–Trinajstić information content (AvgIpc) is 2.23. The second kappa shape index (κ2) is 62.6. The summed E-state index contributed by atoms with van der Waals surface area (Å²) in [7, 11) is -9.91. The van der Waals surface area contributed by atoms with Crippen LogP contribution in [0.3, 0.4) is 0 Å². The Morgan fingerprint density at radius 3 is 0.772 bits per heavy atom. The molecule has 3 N–H and O–H groups in total. The summed E-state index contributed by atoms with van der Waals surface area (Å²) in [6.45, 7) is 14.1. The van der Waals surface area contributed by atoms with Crippen LogP contribution in [0.25, 0.3) is 0 Å². The fraction of sp³-hybridized carbons (Fsp3) is 0.945. The number of unbranched alkanes of at least 4 members (excludes halogenated alkanes) is 35. The zero-order chi connectivity index (χ0) is 68.2. The molecule has 0 rings (SSSR count). The van der Waals surface area contributed by atoms with Gasteiger partial charge in [-0.2, -0.15) is 0 Å². The number of carbonyl (C=O) groups is 4. The fourth-order valence-electron chi connectivity index (χ4n) is 11.0. The second-order valence-corrected chi connectivity index (χ2v) is 30.9. The van der Waals surface area contributed by atoms with E-state index in [9.17, 15) is 43.2 Å². The Morgan fingerprint density at radius 1 is 0.304 bits per heavy atom. The largest absolute Gasteiger partial charge is 0.472 e. The van der Waals surface area contributed by atoms with Crippen molar-refractivity contribution >= 4 is 39.5 Å². The highest BCUT2D eigenvalue weighted by Gasteiger charge is 2.30. The van der Waals surface area contributed by atoms with Crippen LogP contribution in [0.5, 0.6) is 0 Å². The molecule has 0 aromatic heterocycles. The van der Waals surface area contributed by atoms with E-state index in [2.05, 4.69) is 55.4 Å². The third-order valence-electron chi connectivity index (χ3n) is 17.2. The fourth-order valence-corrected chi connectivity index (χ4v) is 12.6. The van der Waals surface area contributed by atoms with E-state index in [1.54, 1.807) is 0 Å². The van der Waals surface area contributed by atoms with Gasteiger partial charge >= 0.3 is 39.5 Å². The molecule has 92 heavy (non-hydrogen) atoms. The van der Waals surface area contributed by atoms with Gasteiger partial charge in [-0.3, -0.25) is 37.3 Å². The molecule has 0 saturated heterocycles. The maximum Gasteiger partial charge on any atom is 0.472 e. The molecule has 0 amide bonds. The summed E-state index contributed by atoms with van der Waals surface area (Å²) in [5.41, 5.74) is 0. The Kier molecular flexibility index (Phi) is 61.3. The third kappa shape index (κ3) is 65.4. The van der Waals surface area contributed by atoms with Crippen molar-refractivity contribution in [3.05, 3.63) is 0 Å². The van der Waals surface area contributed by atoms with Crippen molar-refractivity contribution < 1.29 is 80.2 Å². The third-order valence-corrected chi connectivity index (χ3v) is 19.1. The van der Waals surface area contributed by atoms with Gasteiger partial charge in [0, 0.05) is 25.7 Å². The van der Waals surface area contributed by atoms with Crippen LogP contribution in [0.1, 0.15) is 364 Å². The molecular weight excluding hydrogens is 1210 g/mol. The molecular formula is C73H142O17P2. The average molecular weight is 1350 g/mol. The monoisotopic (exact) mass is 1350 g/mol. The van der Waals surface area contributed by atoms with Gasteiger partial charge < -0.3 is 33.8 Å². The summed E-state index contributed by atoms with van der Waals surface area (Å²) >= 11 is 0. The van der Waals surface area contributed by atoms with Gasteiger partial charge in [0.05, 0.1) is 26.4 Å². The number of carbonyl (C=O) groups excluding carboxylic acids is 4. The first-order chi connectivity index (χ1) is 44.1. The predicted octanol–water partition coefficient (Wildman–Crippen LogP) is 20.9. The summed E-state index contributed by atoms with van der Waals surface area (Å²) in [6, 6.07) is 0. The highest BCUT2D eigenvalue weighted by molar-refractivity contribution is 7.47. The van der Waals surface area contributed by atoms with Crippen LogP contribution in [0.4, 0.5) is 0 Å². The number of rotatable bonds is 70. The molecule has 0 fully saturated rings. The summed E-state index contributed by atoms with van der Waals surface area (Å²) in [6.07, 6.45) is 45.9. The van der Waals surface area contributed by atoms with Crippen molar-refractivity contribution in [3.8, 4) is 0 Å². The molecule has 6 atom stereocenters. The Balaban J connectivity index is 5.24. The van der Waals surface area contributed by atoms with Crippen LogP contribution in [0.2, 0.25) is 0 Å². The number of ether oxygens (including phenoxy) is 4. The van der Waals surface area contributed by atoms with Gasteiger partial charge in [0.1, 0.15) is 19.3 Å².